The van der Waals surface area contributed by atoms with Crippen molar-refractivity contribution in [2.75, 3.05) is 27.2 Å². The highest BCUT2D eigenvalue weighted by Crippen LogP contribution is 2.27. The number of amides is 1. The first kappa shape index (κ1) is 11.9. The van der Waals surface area contributed by atoms with Gasteiger partial charge in [-0.1, -0.05) is 6.42 Å². The monoisotopic (exact) mass is 225 g/mol. The van der Waals surface area contributed by atoms with Crippen LogP contribution in [0.25, 0.3) is 0 Å². The predicted molar refractivity (Wildman–Crippen MR) is 64.0 cm³/mol. The first-order valence-electron chi connectivity index (χ1n) is 6.30. The third kappa shape index (κ3) is 2.23. The van der Waals surface area contributed by atoms with Crippen molar-refractivity contribution < 1.29 is 4.79 Å². The highest BCUT2D eigenvalue weighted by Gasteiger charge is 2.36. The molecule has 0 bridgehead atoms. The number of likely N-dealkylation sites (N-methyl/N-ethyl adjacent to an activating group) is 1. The van der Waals surface area contributed by atoms with Crippen LogP contribution in [0.1, 0.15) is 25.7 Å². The van der Waals surface area contributed by atoms with Crippen LogP contribution in [0.15, 0.2) is 0 Å². The lowest BCUT2D eigenvalue weighted by Crippen LogP contribution is -2.42. The fourth-order valence-corrected chi connectivity index (χ4v) is 2.89. The third-order valence-corrected chi connectivity index (χ3v) is 4.09. The minimum Gasteiger partial charge on any atom is -0.341 e. The number of nitrogens with two attached hydrogens (primary N) is 1. The van der Waals surface area contributed by atoms with E-state index in [1.807, 2.05) is 4.90 Å². The van der Waals surface area contributed by atoms with Crippen LogP contribution >= 0.6 is 0 Å². The van der Waals surface area contributed by atoms with Crippen molar-refractivity contribution >= 4 is 5.91 Å². The maximum atomic E-state index is 12.3. The van der Waals surface area contributed by atoms with Crippen LogP contribution in [-0.2, 0) is 4.79 Å². The van der Waals surface area contributed by atoms with Gasteiger partial charge in [-0.15, -0.1) is 0 Å². The van der Waals surface area contributed by atoms with E-state index in [9.17, 15) is 4.79 Å². The summed E-state index contributed by atoms with van der Waals surface area (Å²) in [6.45, 7) is 1.79. The quantitative estimate of drug-likeness (QED) is 0.734. The van der Waals surface area contributed by atoms with Gasteiger partial charge < -0.3 is 15.5 Å². The molecule has 0 spiro atoms. The van der Waals surface area contributed by atoms with Gasteiger partial charge in [0, 0.05) is 25.2 Å². The van der Waals surface area contributed by atoms with Gasteiger partial charge in [-0.05, 0) is 33.4 Å². The Kier molecular flexibility index (Phi) is 3.50. The molecule has 2 rings (SSSR count). The summed E-state index contributed by atoms with van der Waals surface area (Å²) in [6, 6.07) is 0.632. The summed E-state index contributed by atoms with van der Waals surface area (Å²) < 4.78 is 0. The normalized spacial score (nSPS) is 35.0. The second-order valence-corrected chi connectivity index (χ2v) is 5.39. The van der Waals surface area contributed by atoms with Crippen LogP contribution in [0, 0.1) is 5.92 Å². The average Bonchev–Trinajstić information content (AvgIpc) is 2.84. The molecule has 1 heterocycles. The second kappa shape index (κ2) is 4.72. The van der Waals surface area contributed by atoms with Crippen LogP contribution < -0.4 is 5.73 Å². The number of likely N-dealkylation sites (tertiary alicyclic amines) is 1. The zero-order chi connectivity index (χ0) is 11.7. The molecule has 3 atom stereocenters. The minimum absolute atomic E-state index is 0.0981. The summed E-state index contributed by atoms with van der Waals surface area (Å²) in [5.74, 6) is 0.398. The molecule has 1 aliphatic heterocycles. The summed E-state index contributed by atoms with van der Waals surface area (Å²) >= 11 is 0. The predicted octanol–water partition coefficient (Wildman–Crippen LogP) is 0.276. The van der Waals surface area contributed by atoms with E-state index in [4.69, 9.17) is 5.73 Å². The first-order valence-corrected chi connectivity index (χ1v) is 6.30. The molecular weight excluding hydrogens is 202 g/mol. The molecule has 1 saturated carbocycles. The zero-order valence-electron chi connectivity index (χ0n) is 10.4. The Labute approximate surface area is 97.8 Å². The Balaban J connectivity index is 1.91. The van der Waals surface area contributed by atoms with Gasteiger partial charge in [0.25, 0.3) is 0 Å². The van der Waals surface area contributed by atoms with Crippen molar-refractivity contribution in [2.45, 2.75) is 37.8 Å². The molecule has 0 aromatic heterocycles. The minimum atomic E-state index is 0.0981. The van der Waals surface area contributed by atoms with Gasteiger partial charge in [0.15, 0.2) is 0 Å². The molecule has 1 aliphatic carbocycles. The van der Waals surface area contributed by atoms with E-state index >= 15 is 0 Å². The summed E-state index contributed by atoms with van der Waals surface area (Å²) in [5.41, 5.74) is 5.98. The number of carbonyl (C=O) groups excluding carboxylic acids is 1. The first-order chi connectivity index (χ1) is 7.59. The standard InChI is InChI=1S/C12H23N3O/c1-14(2)9-6-7-15(8-9)12(16)10-4-3-5-11(10)13/h9-11H,3-8,13H2,1-2H3. The number of nitrogens with zero attached hydrogens (tertiary/aromatic N) is 2. The molecule has 3 unspecified atom stereocenters. The summed E-state index contributed by atoms with van der Waals surface area (Å²) in [6.07, 6.45) is 4.22. The molecule has 4 nitrogen and oxygen atoms in total. The van der Waals surface area contributed by atoms with E-state index < -0.39 is 0 Å². The SMILES string of the molecule is CN(C)C1CCN(C(=O)C2CCCC2N)C1. The van der Waals surface area contributed by atoms with E-state index in [0.29, 0.717) is 11.9 Å². The molecule has 2 aliphatic rings. The molecule has 2 fully saturated rings. The largest absolute Gasteiger partial charge is 0.341 e. The number of carbonyl (C=O) groups is 1. The van der Waals surface area contributed by atoms with Gasteiger partial charge in [-0.2, -0.15) is 0 Å². The number of hydrogen-bond donors (Lipinski definition) is 1. The number of hydrogen-bond acceptors (Lipinski definition) is 3. The van der Waals surface area contributed by atoms with E-state index in [1.165, 1.54) is 0 Å². The highest BCUT2D eigenvalue weighted by atomic mass is 16.2. The van der Waals surface area contributed by atoms with Crippen LogP contribution in [0.2, 0.25) is 0 Å². The topological polar surface area (TPSA) is 49.6 Å². The Morgan fingerprint density at radius 2 is 2.06 bits per heavy atom. The maximum absolute atomic E-state index is 12.3. The van der Waals surface area contributed by atoms with E-state index in [0.717, 1.165) is 38.8 Å². The average molecular weight is 225 g/mol. The Morgan fingerprint density at radius 3 is 2.56 bits per heavy atom. The molecule has 16 heavy (non-hydrogen) atoms. The van der Waals surface area contributed by atoms with Gasteiger partial charge in [-0.3, -0.25) is 4.79 Å². The van der Waals surface area contributed by atoms with Crippen molar-refractivity contribution in [3.63, 3.8) is 0 Å². The zero-order valence-corrected chi connectivity index (χ0v) is 10.4. The molecular formula is C12H23N3O. The van der Waals surface area contributed by atoms with Crippen LogP contribution in [-0.4, -0.2) is 55.0 Å². The molecule has 2 N–H and O–H groups in total. The molecule has 0 radical (unpaired) electrons. The van der Waals surface area contributed by atoms with E-state index in [-0.39, 0.29) is 12.0 Å². The Hall–Kier alpha value is -0.610. The molecule has 0 aromatic rings. The Morgan fingerprint density at radius 1 is 1.31 bits per heavy atom. The summed E-state index contributed by atoms with van der Waals surface area (Å²) in [5, 5.41) is 0. The smallest absolute Gasteiger partial charge is 0.227 e. The molecule has 1 amide bonds. The molecule has 92 valence electrons. The van der Waals surface area contributed by atoms with E-state index in [2.05, 4.69) is 19.0 Å². The van der Waals surface area contributed by atoms with Crippen LogP contribution in [0.5, 0.6) is 0 Å². The van der Waals surface area contributed by atoms with Crippen molar-refractivity contribution in [2.24, 2.45) is 11.7 Å². The third-order valence-electron chi connectivity index (χ3n) is 4.09. The molecule has 4 heteroatoms. The van der Waals surface area contributed by atoms with Crippen molar-refractivity contribution in [1.29, 1.82) is 0 Å². The summed E-state index contributed by atoms with van der Waals surface area (Å²) in [7, 11) is 4.17. The molecule has 0 aromatic carbocycles. The van der Waals surface area contributed by atoms with Crippen LogP contribution in [0.3, 0.4) is 0 Å². The van der Waals surface area contributed by atoms with Crippen LogP contribution in [0.4, 0.5) is 0 Å². The highest BCUT2D eigenvalue weighted by molar-refractivity contribution is 5.80. The second-order valence-electron chi connectivity index (χ2n) is 5.39. The maximum Gasteiger partial charge on any atom is 0.227 e. The van der Waals surface area contributed by atoms with Crippen molar-refractivity contribution in [3.05, 3.63) is 0 Å². The number of rotatable bonds is 2. The van der Waals surface area contributed by atoms with E-state index in [1.54, 1.807) is 0 Å². The van der Waals surface area contributed by atoms with Gasteiger partial charge >= 0.3 is 0 Å². The van der Waals surface area contributed by atoms with Crippen molar-refractivity contribution in [1.82, 2.24) is 9.80 Å². The van der Waals surface area contributed by atoms with Gasteiger partial charge in [0.1, 0.15) is 0 Å². The summed E-state index contributed by atoms with van der Waals surface area (Å²) in [4.78, 5) is 16.5. The fraction of sp³-hybridized carbons (Fsp3) is 0.917. The van der Waals surface area contributed by atoms with Gasteiger partial charge in [-0.25, -0.2) is 0 Å². The lowest BCUT2D eigenvalue weighted by molar-refractivity contribution is -0.134. The van der Waals surface area contributed by atoms with Crippen molar-refractivity contribution in [3.8, 4) is 0 Å². The van der Waals surface area contributed by atoms with Gasteiger partial charge in [0.05, 0.1) is 5.92 Å². The fourth-order valence-electron chi connectivity index (χ4n) is 2.89. The van der Waals surface area contributed by atoms with Gasteiger partial charge in [0.2, 0.25) is 5.91 Å². The molecule has 1 saturated heterocycles. The lowest BCUT2D eigenvalue weighted by Gasteiger charge is -2.24. The lowest BCUT2D eigenvalue weighted by atomic mass is 10.0. The Bertz CT molecular complexity index is 267.